The number of hydrogen-bond donors (Lipinski definition) is 2. The molecule has 2 rings (SSSR count). The molecular weight excluding hydrogens is 237 g/mol. The molecule has 0 fully saturated rings. The van der Waals surface area contributed by atoms with Crippen molar-refractivity contribution in [3.05, 3.63) is 24.0 Å². The molecule has 0 aliphatic rings. The van der Waals surface area contributed by atoms with Gasteiger partial charge in [-0.15, -0.1) is 24.8 Å². The van der Waals surface area contributed by atoms with Gasteiger partial charge >= 0.3 is 0 Å². The van der Waals surface area contributed by atoms with Crippen molar-refractivity contribution in [3.8, 4) is 5.75 Å². The summed E-state index contributed by atoms with van der Waals surface area (Å²) < 4.78 is 5.09. The summed E-state index contributed by atoms with van der Waals surface area (Å²) in [4.78, 5) is 7.37. The number of benzene rings is 1. The van der Waals surface area contributed by atoms with Crippen molar-refractivity contribution in [2.45, 2.75) is 6.54 Å². The molecule has 0 saturated carbocycles. The normalized spacial score (nSPS) is 9.20. The zero-order chi connectivity index (χ0) is 9.26. The number of halogens is 2. The van der Waals surface area contributed by atoms with E-state index in [1.807, 2.05) is 18.2 Å². The first-order valence-electron chi connectivity index (χ1n) is 4.06. The van der Waals surface area contributed by atoms with Gasteiger partial charge in [0, 0.05) is 6.07 Å². The van der Waals surface area contributed by atoms with E-state index >= 15 is 0 Å². The van der Waals surface area contributed by atoms with Gasteiger partial charge in [-0.25, -0.2) is 4.98 Å². The maximum atomic E-state index is 5.46. The number of aromatic amines is 1. The van der Waals surface area contributed by atoms with E-state index in [0.29, 0.717) is 6.54 Å². The van der Waals surface area contributed by atoms with Gasteiger partial charge in [-0.3, -0.25) is 0 Å². The van der Waals surface area contributed by atoms with Crippen LogP contribution < -0.4 is 10.5 Å². The van der Waals surface area contributed by atoms with Crippen molar-refractivity contribution in [1.82, 2.24) is 9.97 Å². The summed E-state index contributed by atoms with van der Waals surface area (Å²) in [6.07, 6.45) is 0. The molecule has 0 unspecified atom stereocenters. The molecule has 0 atom stereocenters. The van der Waals surface area contributed by atoms with E-state index < -0.39 is 0 Å². The molecule has 0 aliphatic carbocycles. The Morgan fingerprint density at radius 3 is 2.73 bits per heavy atom. The van der Waals surface area contributed by atoms with E-state index in [2.05, 4.69) is 9.97 Å². The molecule has 4 nitrogen and oxygen atoms in total. The van der Waals surface area contributed by atoms with Crippen molar-refractivity contribution < 1.29 is 4.74 Å². The minimum absolute atomic E-state index is 0. The molecule has 0 saturated heterocycles. The number of fused-ring (bicyclic) bond motifs is 1. The molecule has 15 heavy (non-hydrogen) atoms. The van der Waals surface area contributed by atoms with Gasteiger partial charge in [-0.1, -0.05) is 0 Å². The van der Waals surface area contributed by atoms with Crippen LogP contribution >= 0.6 is 24.8 Å². The Kier molecular flexibility index (Phi) is 5.43. The van der Waals surface area contributed by atoms with Gasteiger partial charge in [0.25, 0.3) is 0 Å². The maximum Gasteiger partial charge on any atom is 0.121 e. The standard InChI is InChI=1S/C9H11N3O.2ClH/c1-13-6-2-3-7-8(4-6)12-9(5-10)11-7;;/h2-4H,5,10H2,1H3,(H,11,12);2*1H. The molecule has 0 radical (unpaired) electrons. The molecule has 6 heteroatoms. The van der Waals surface area contributed by atoms with Crippen LogP contribution in [-0.4, -0.2) is 17.1 Å². The molecular formula is C9H13Cl2N3O. The van der Waals surface area contributed by atoms with E-state index in [9.17, 15) is 0 Å². The number of H-pyrrole nitrogens is 1. The predicted molar refractivity (Wildman–Crippen MR) is 65.0 cm³/mol. The first-order chi connectivity index (χ1) is 6.33. The molecule has 0 spiro atoms. The van der Waals surface area contributed by atoms with Crippen molar-refractivity contribution >= 4 is 35.8 Å². The Balaban J connectivity index is 0.000000980. The number of methoxy groups -OCH3 is 1. The third-order valence-electron chi connectivity index (χ3n) is 1.93. The molecule has 1 aromatic heterocycles. The number of nitrogens with two attached hydrogens (primary N) is 1. The summed E-state index contributed by atoms with van der Waals surface area (Å²) in [7, 11) is 1.64. The molecule has 0 amide bonds. The summed E-state index contributed by atoms with van der Waals surface area (Å²) in [6, 6.07) is 5.69. The minimum Gasteiger partial charge on any atom is -0.497 e. The second-order valence-corrected chi connectivity index (χ2v) is 2.77. The van der Waals surface area contributed by atoms with Crippen LogP contribution in [0.3, 0.4) is 0 Å². The number of imidazole rings is 1. The predicted octanol–water partition coefficient (Wildman–Crippen LogP) is 1.87. The summed E-state index contributed by atoms with van der Waals surface area (Å²) in [5.74, 6) is 1.61. The van der Waals surface area contributed by atoms with Crippen LogP contribution in [0.2, 0.25) is 0 Å². The zero-order valence-corrected chi connectivity index (χ0v) is 9.82. The lowest BCUT2D eigenvalue weighted by molar-refractivity contribution is 0.415. The van der Waals surface area contributed by atoms with Gasteiger partial charge in [0.2, 0.25) is 0 Å². The van der Waals surface area contributed by atoms with Gasteiger partial charge in [0.15, 0.2) is 0 Å². The monoisotopic (exact) mass is 249 g/mol. The highest BCUT2D eigenvalue weighted by molar-refractivity contribution is 5.85. The van der Waals surface area contributed by atoms with Crippen molar-refractivity contribution in [3.63, 3.8) is 0 Å². The van der Waals surface area contributed by atoms with Crippen LogP contribution in [0, 0.1) is 0 Å². The second kappa shape index (κ2) is 5.80. The quantitative estimate of drug-likeness (QED) is 0.855. The van der Waals surface area contributed by atoms with Crippen LogP contribution in [0.4, 0.5) is 0 Å². The highest BCUT2D eigenvalue weighted by Crippen LogP contribution is 2.18. The first kappa shape index (κ1) is 14.0. The van der Waals surface area contributed by atoms with E-state index in [4.69, 9.17) is 10.5 Å². The summed E-state index contributed by atoms with van der Waals surface area (Å²) in [6.45, 7) is 0.428. The summed E-state index contributed by atoms with van der Waals surface area (Å²) in [5, 5.41) is 0. The van der Waals surface area contributed by atoms with Crippen LogP contribution in [0.5, 0.6) is 5.75 Å². The maximum absolute atomic E-state index is 5.46. The highest BCUT2D eigenvalue weighted by atomic mass is 35.5. The lowest BCUT2D eigenvalue weighted by atomic mass is 10.3. The fraction of sp³-hybridized carbons (Fsp3) is 0.222. The third-order valence-corrected chi connectivity index (χ3v) is 1.93. The topological polar surface area (TPSA) is 63.9 Å². The fourth-order valence-electron chi connectivity index (χ4n) is 1.27. The summed E-state index contributed by atoms with van der Waals surface area (Å²) in [5.41, 5.74) is 7.34. The van der Waals surface area contributed by atoms with Crippen LogP contribution in [-0.2, 0) is 6.54 Å². The van der Waals surface area contributed by atoms with Gasteiger partial charge in [0.05, 0.1) is 24.7 Å². The molecule has 1 aromatic carbocycles. The number of aromatic nitrogens is 2. The number of hydrogen-bond acceptors (Lipinski definition) is 3. The Hall–Kier alpha value is -0.970. The average molecular weight is 250 g/mol. The molecule has 2 aromatic rings. The first-order valence-corrected chi connectivity index (χ1v) is 4.06. The van der Waals surface area contributed by atoms with Crippen molar-refractivity contribution in [1.29, 1.82) is 0 Å². The number of nitrogens with one attached hydrogen (secondary N) is 1. The highest BCUT2D eigenvalue weighted by Gasteiger charge is 2.01. The Labute approximate surface area is 100 Å². The number of rotatable bonds is 2. The molecule has 0 aliphatic heterocycles. The number of ether oxygens (including phenoxy) is 1. The zero-order valence-electron chi connectivity index (χ0n) is 8.19. The smallest absolute Gasteiger partial charge is 0.121 e. The van der Waals surface area contributed by atoms with Gasteiger partial charge in [0.1, 0.15) is 11.6 Å². The Morgan fingerprint density at radius 1 is 1.40 bits per heavy atom. The van der Waals surface area contributed by atoms with Gasteiger partial charge in [-0.2, -0.15) is 0 Å². The third kappa shape index (κ3) is 2.75. The Morgan fingerprint density at radius 2 is 2.13 bits per heavy atom. The largest absolute Gasteiger partial charge is 0.497 e. The van der Waals surface area contributed by atoms with Gasteiger partial charge < -0.3 is 15.5 Å². The molecule has 0 bridgehead atoms. The van der Waals surface area contributed by atoms with Crippen LogP contribution in [0.15, 0.2) is 18.2 Å². The SMILES string of the molecule is COc1ccc2nc(CN)[nH]c2c1.Cl.Cl. The van der Waals surface area contributed by atoms with E-state index in [1.165, 1.54) is 0 Å². The van der Waals surface area contributed by atoms with E-state index in [-0.39, 0.29) is 24.8 Å². The fourth-order valence-corrected chi connectivity index (χ4v) is 1.27. The lowest BCUT2D eigenvalue weighted by Crippen LogP contribution is -1.97. The molecule has 84 valence electrons. The molecule has 3 N–H and O–H groups in total. The van der Waals surface area contributed by atoms with Crippen LogP contribution in [0.1, 0.15) is 5.82 Å². The van der Waals surface area contributed by atoms with Crippen molar-refractivity contribution in [2.24, 2.45) is 5.73 Å². The second-order valence-electron chi connectivity index (χ2n) is 2.77. The van der Waals surface area contributed by atoms with Crippen LogP contribution in [0.25, 0.3) is 11.0 Å². The Bertz CT molecular complexity index is 428. The minimum atomic E-state index is 0. The average Bonchev–Trinajstić information content (AvgIpc) is 2.58. The number of nitrogens with zero attached hydrogens (tertiary/aromatic N) is 1. The van der Waals surface area contributed by atoms with Crippen molar-refractivity contribution in [2.75, 3.05) is 7.11 Å². The summed E-state index contributed by atoms with van der Waals surface area (Å²) >= 11 is 0. The lowest BCUT2D eigenvalue weighted by Gasteiger charge is -1.96. The van der Waals surface area contributed by atoms with Gasteiger partial charge in [-0.05, 0) is 12.1 Å². The van der Waals surface area contributed by atoms with E-state index in [1.54, 1.807) is 7.11 Å². The molecule has 1 heterocycles. The van der Waals surface area contributed by atoms with E-state index in [0.717, 1.165) is 22.6 Å².